The van der Waals surface area contributed by atoms with Crippen LogP contribution in [0.3, 0.4) is 0 Å². The molecule has 0 aliphatic carbocycles. The number of halogens is 1. The Labute approximate surface area is 199 Å². The molecule has 2 heterocycles. The summed E-state index contributed by atoms with van der Waals surface area (Å²) in [7, 11) is 3.51. The molecule has 2 unspecified atom stereocenters. The van der Waals surface area contributed by atoms with Crippen LogP contribution in [0.5, 0.6) is 0 Å². The van der Waals surface area contributed by atoms with Gasteiger partial charge in [-0.05, 0) is 18.8 Å². The maximum absolute atomic E-state index is 12.0. The molecule has 2 atom stereocenters. The fourth-order valence-corrected chi connectivity index (χ4v) is 4.02. The lowest BCUT2D eigenvalue weighted by molar-refractivity contribution is -0.127. The van der Waals surface area contributed by atoms with Gasteiger partial charge >= 0.3 is 0 Å². The molecule has 9 heteroatoms. The maximum atomic E-state index is 12.0. The van der Waals surface area contributed by atoms with Gasteiger partial charge < -0.3 is 25.0 Å². The molecule has 0 aromatic rings. The molecule has 2 aliphatic heterocycles. The van der Waals surface area contributed by atoms with Gasteiger partial charge in [-0.3, -0.25) is 9.69 Å². The van der Waals surface area contributed by atoms with Gasteiger partial charge in [0.2, 0.25) is 5.91 Å². The van der Waals surface area contributed by atoms with E-state index in [4.69, 9.17) is 9.47 Å². The topological polar surface area (TPSA) is 78.4 Å². The number of carbonyl (C=O) groups is 1. The zero-order chi connectivity index (χ0) is 21.1. The minimum Gasteiger partial charge on any atom is -0.379 e. The van der Waals surface area contributed by atoms with Gasteiger partial charge in [-0.1, -0.05) is 26.7 Å². The molecular formula is C21H42IN5O3. The molecule has 0 saturated carbocycles. The SMILES string of the molecule is CCC(CC)C(CNC(=NCC(=O)N(C)C)NCC1CCCO1)N1CCOCC1.I. The lowest BCUT2D eigenvalue weighted by Gasteiger charge is -2.39. The van der Waals surface area contributed by atoms with Gasteiger partial charge in [-0.15, -0.1) is 24.0 Å². The Balaban J connectivity index is 0.00000450. The average molecular weight is 540 g/mol. The molecule has 2 fully saturated rings. The summed E-state index contributed by atoms with van der Waals surface area (Å²) in [5.41, 5.74) is 0. The molecule has 2 aliphatic rings. The predicted octanol–water partition coefficient (Wildman–Crippen LogP) is 1.54. The number of likely N-dealkylation sites (N-methyl/N-ethyl adjacent to an activating group) is 1. The van der Waals surface area contributed by atoms with E-state index in [0.29, 0.717) is 17.9 Å². The van der Waals surface area contributed by atoms with E-state index >= 15 is 0 Å². The predicted molar refractivity (Wildman–Crippen MR) is 132 cm³/mol. The van der Waals surface area contributed by atoms with Crippen molar-refractivity contribution in [1.82, 2.24) is 20.4 Å². The van der Waals surface area contributed by atoms with E-state index < -0.39 is 0 Å². The van der Waals surface area contributed by atoms with Gasteiger partial charge in [-0.2, -0.15) is 0 Å². The third-order valence-corrected chi connectivity index (χ3v) is 5.98. The van der Waals surface area contributed by atoms with Gasteiger partial charge in [0.25, 0.3) is 0 Å². The first-order valence-electron chi connectivity index (χ1n) is 11.2. The summed E-state index contributed by atoms with van der Waals surface area (Å²) in [6, 6.07) is 0.424. The summed E-state index contributed by atoms with van der Waals surface area (Å²) >= 11 is 0. The quantitative estimate of drug-likeness (QED) is 0.249. The van der Waals surface area contributed by atoms with Crippen molar-refractivity contribution in [2.75, 3.05) is 66.6 Å². The number of hydrogen-bond donors (Lipinski definition) is 2. The van der Waals surface area contributed by atoms with Gasteiger partial charge in [0.05, 0.1) is 19.3 Å². The molecule has 0 aromatic carbocycles. The van der Waals surface area contributed by atoms with E-state index in [1.54, 1.807) is 19.0 Å². The minimum absolute atomic E-state index is 0. The van der Waals surface area contributed by atoms with Crippen LogP contribution in [0.25, 0.3) is 0 Å². The van der Waals surface area contributed by atoms with E-state index in [2.05, 4.69) is 34.4 Å². The number of morpholine rings is 1. The number of aliphatic imine (C=N–C) groups is 1. The molecule has 2 saturated heterocycles. The Bertz CT molecular complexity index is 505. The van der Waals surface area contributed by atoms with Crippen molar-refractivity contribution in [3.63, 3.8) is 0 Å². The molecule has 176 valence electrons. The van der Waals surface area contributed by atoms with E-state index in [0.717, 1.165) is 71.7 Å². The van der Waals surface area contributed by atoms with Crippen molar-refractivity contribution in [3.8, 4) is 0 Å². The van der Waals surface area contributed by atoms with Gasteiger partial charge in [0.1, 0.15) is 6.54 Å². The van der Waals surface area contributed by atoms with Crippen molar-refractivity contribution in [2.24, 2.45) is 10.9 Å². The molecule has 2 rings (SSSR count). The van der Waals surface area contributed by atoms with Crippen LogP contribution in [0.15, 0.2) is 4.99 Å². The number of amides is 1. The van der Waals surface area contributed by atoms with Crippen LogP contribution in [0, 0.1) is 5.92 Å². The number of guanidine groups is 1. The normalized spacial score (nSPS) is 21.2. The van der Waals surface area contributed by atoms with Crippen molar-refractivity contribution in [2.45, 2.75) is 51.7 Å². The van der Waals surface area contributed by atoms with Crippen molar-refractivity contribution < 1.29 is 14.3 Å². The number of carbonyl (C=O) groups excluding carboxylic acids is 1. The molecule has 30 heavy (non-hydrogen) atoms. The first-order chi connectivity index (χ1) is 14.0. The highest BCUT2D eigenvalue weighted by atomic mass is 127. The van der Waals surface area contributed by atoms with Gasteiger partial charge in [0.15, 0.2) is 5.96 Å². The summed E-state index contributed by atoms with van der Waals surface area (Å²) in [5, 5.41) is 6.90. The summed E-state index contributed by atoms with van der Waals surface area (Å²) in [5.74, 6) is 1.30. The molecule has 0 bridgehead atoms. The zero-order valence-corrected chi connectivity index (χ0v) is 21.5. The number of hydrogen-bond acceptors (Lipinski definition) is 5. The summed E-state index contributed by atoms with van der Waals surface area (Å²) in [6.45, 7) is 10.6. The standard InChI is InChI=1S/C21H41N5O3.HI/c1-5-17(6-2)19(26-9-12-28-13-10-26)15-23-21(24-16-20(27)25(3)4)22-14-18-8-7-11-29-18;/h17-19H,5-16H2,1-4H3,(H2,22,23,24);1H. The second-order valence-electron chi connectivity index (χ2n) is 8.14. The molecule has 0 aromatic heterocycles. The maximum Gasteiger partial charge on any atom is 0.243 e. The van der Waals surface area contributed by atoms with E-state index in [1.807, 2.05) is 0 Å². The molecule has 0 radical (unpaired) electrons. The Morgan fingerprint density at radius 2 is 1.87 bits per heavy atom. The fraction of sp³-hybridized carbons (Fsp3) is 0.905. The molecule has 1 amide bonds. The van der Waals surface area contributed by atoms with Crippen molar-refractivity contribution in [1.29, 1.82) is 0 Å². The highest BCUT2D eigenvalue weighted by molar-refractivity contribution is 14.0. The second kappa shape index (κ2) is 15.2. The molecule has 2 N–H and O–H groups in total. The van der Waals surface area contributed by atoms with Crippen LogP contribution in [0.2, 0.25) is 0 Å². The third kappa shape index (κ3) is 9.23. The van der Waals surface area contributed by atoms with Crippen LogP contribution >= 0.6 is 24.0 Å². The first-order valence-corrected chi connectivity index (χ1v) is 11.2. The van der Waals surface area contributed by atoms with E-state index in [-0.39, 0.29) is 42.5 Å². The fourth-order valence-electron chi connectivity index (χ4n) is 4.02. The Kier molecular flexibility index (Phi) is 13.9. The monoisotopic (exact) mass is 539 g/mol. The third-order valence-electron chi connectivity index (χ3n) is 5.98. The van der Waals surface area contributed by atoms with Crippen molar-refractivity contribution >= 4 is 35.8 Å². The number of nitrogens with zero attached hydrogens (tertiary/aromatic N) is 3. The summed E-state index contributed by atoms with van der Waals surface area (Å²) in [4.78, 5) is 20.7. The lowest BCUT2D eigenvalue weighted by atomic mass is 9.92. The minimum atomic E-state index is -0.00654. The van der Waals surface area contributed by atoms with Gasteiger partial charge in [0, 0.05) is 52.9 Å². The Morgan fingerprint density at radius 3 is 2.43 bits per heavy atom. The van der Waals surface area contributed by atoms with Crippen molar-refractivity contribution in [3.05, 3.63) is 0 Å². The number of ether oxygens (including phenoxy) is 2. The largest absolute Gasteiger partial charge is 0.379 e. The average Bonchev–Trinajstić information content (AvgIpc) is 3.26. The lowest BCUT2D eigenvalue weighted by Crippen LogP contribution is -2.53. The zero-order valence-electron chi connectivity index (χ0n) is 19.2. The van der Waals surface area contributed by atoms with Crippen LogP contribution in [-0.2, 0) is 14.3 Å². The number of rotatable bonds is 10. The Morgan fingerprint density at radius 1 is 1.17 bits per heavy atom. The van der Waals surface area contributed by atoms with E-state index in [9.17, 15) is 4.79 Å². The first kappa shape index (κ1) is 27.4. The van der Waals surface area contributed by atoms with E-state index in [1.165, 1.54) is 0 Å². The Hall–Kier alpha value is -0.650. The van der Waals surface area contributed by atoms with Gasteiger partial charge in [-0.25, -0.2) is 4.99 Å². The molecular weight excluding hydrogens is 497 g/mol. The molecule has 8 nitrogen and oxygen atoms in total. The highest BCUT2D eigenvalue weighted by Crippen LogP contribution is 2.19. The van der Waals surface area contributed by atoms with Crippen LogP contribution in [0.4, 0.5) is 0 Å². The second-order valence-corrected chi connectivity index (χ2v) is 8.14. The summed E-state index contributed by atoms with van der Waals surface area (Å²) in [6.07, 6.45) is 4.70. The van der Waals surface area contributed by atoms with Crippen LogP contribution in [0.1, 0.15) is 39.5 Å². The smallest absolute Gasteiger partial charge is 0.243 e. The van der Waals surface area contributed by atoms with Crippen LogP contribution in [-0.4, -0.2) is 100 Å². The van der Waals surface area contributed by atoms with Crippen LogP contribution < -0.4 is 10.6 Å². The summed E-state index contributed by atoms with van der Waals surface area (Å²) < 4.78 is 11.3. The highest BCUT2D eigenvalue weighted by Gasteiger charge is 2.27. The molecule has 0 spiro atoms. The number of nitrogens with one attached hydrogen (secondary N) is 2.